The van der Waals surface area contributed by atoms with E-state index in [1.54, 1.807) is 6.07 Å². The maximum Gasteiger partial charge on any atom is 0.336 e. The third kappa shape index (κ3) is 10.8. The summed E-state index contributed by atoms with van der Waals surface area (Å²) in [6.45, 7) is 17.6. The van der Waals surface area contributed by atoms with Crippen molar-refractivity contribution >= 4 is 32.5 Å². The minimum atomic E-state index is -0.293. The predicted molar refractivity (Wildman–Crippen MR) is 213 cm³/mol. The molecule has 1 heterocycles. The summed E-state index contributed by atoms with van der Waals surface area (Å²) in [5.41, 5.74) is 5.84. The molecule has 0 aliphatic rings. The second-order valence-electron chi connectivity index (χ2n) is 13.8. The van der Waals surface area contributed by atoms with Gasteiger partial charge in [-0.1, -0.05) is 183 Å². The summed E-state index contributed by atoms with van der Waals surface area (Å²) >= 11 is 0. The quantitative estimate of drug-likeness (QED) is 0.178. The Morgan fingerprint density at radius 3 is 1.51 bits per heavy atom. The zero-order valence-corrected chi connectivity index (χ0v) is 30.5. The molecular weight excluding hydrogens is 597 g/mol. The molecule has 0 amide bonds. The fraction of sp³-hybridized carbons (Fsp3) is 0.255. The van der Waals surface area contributed by atoms with Gasteiger partial charge in [0, 0.05) is 11.5 Å². The second kappa shape index (κ2) is 18.0. The lowest BCUT2D eigenvalue weighted by Crippen LogP contribution is -1.95. The highest BCUT2D eigenvalue weighted by Gasteiger charge is 2.04. The number of fused-ring (bicyclic) bond motifs is 3. The predicted octanol–water partition coefficient (Wildman–Crippen LogP) is 13.7. The van der Waals surface area contributed by atoms with Crippen LogP contribution in [-0.4, -0.2) is 0 Å². The molecule has 0 atom stereocenters. The van der Waals surface area contributed by atoms with Crippen LogP contribution in [0.1, 0.15) is 101 Å². The molecule has 1 aromatic heterocycles. The first-order chi connectivity index (χ1) is 23.5. The molecule has 0 N–H and O–H groups in total. The molecule has 7 rings (SSSR count). The van der Waals surface area contributed by atoms with Crippen LogP contribution in [0.15, 0.2) is 155 Å². The van der Waals surface area contributed by atoms with Gasteiger partial charge in [0.05, 0.1) is 0 Å². The van der Waals surface area contributed by atoms with E-state index in [9.17, 15) is 4.79 Å². The van der Waals surface area contributed by atoms with Crippen molar-refractivity contribution in [2.24, 2.45) is 0 Å². The van der Waals surface area contributed by atoms with E-state index in [0.29, 0.717) is 29.3 Å². The first kappa shape index (κ1) is 36.9. The maximum atomic E-state index is 11.0. The zero-order valence-electron chi connectivity index (χ0n) is 30.5. The molecule has 252 valence electrons. The van der Waals surface area contributed by atoms with Crippen LogP contribution in [0.3, 0.4) is 0 Å². The smallest absolute Gasteiger partial charge is 0.336 e. The molecule has 0 radical (unpaired) electrons. The van der Waals surface area contributed by atoms with Gasteiger partial charge >= 0.3 is 5.63 Å². The summed E-state index contributed by atoms with van der Waals surface area (Å²) in [4.78, 5) is 11.0. The zero-order chi connectivity index (χ0) is 35.3. The Kier molecular flexibility index (Phi) is 13.5. The summed E-state index contributed by atoms with van der Waals surface area (Å²) < 4.78 is 5.10. The van der Waals surface area contributed by atoms with Gasteiger partial charge in [0.25, 0.3) is 0 Å². The van der Waals surface area contributed by atoms with E-state index in [-0.39, 0.29) is 5.63 Å². The SMILES string of the molecule is CC(C)c1ccc2ccc(=O)oc2c1.CC(C)c1ccc2ccccc2c1.CC(C)c1cccc2ccccc12.CC(C)c1ccccc1. The molecule has 0 fully saturated rings. The Hall–Kier alpha value is -4.95. The minimum absolute atomic E-state index is 0.293. The van der Waals surface area contributed by atoms with E-state index in [1.807, 2.05) is 18.2 Å². The third-order valence-electron chi connectivity index (χ3n) is 8.67. The van der Waals surface area contributed by atoms with Crippen molar-refractivity contribution in [3.8, 4) is 0 Å². The van der Waals surface area contributed by atoms with E-state index in [1.165, 1.54) is 49.9 Å². The van der Waals surface area contributed by atoms with E-state index < -0.39 is 0 Å². The Bertz CT molecular complexity index is 2090. The van der Waals surface area contributed by atoms with Crippen LogP contribution in [0.2, 0.25) is 0 Å². The van der Waals surface area contributed by atoms with Crippen molar-refractivity contribution in [2.45, 2.75) is 79.1 Å². The Morgan fingerprint density at radius 2 is 0.898 bits per heavy atom. The molecule has 0 aliphatic carbocycles. The van der Waals surface area contributed by atoms with E-state index in [0.717, 1.165) is 5.39 Å². The minimum Gasteiger partial charge on any atom is -0.423 e. The molecule has 0 aliphatic heterocycles. The highest BCUT2D eigenvalue weighted by atomic mass is 16.4. The lowest BCUT2D eigenvalue weighted by Gasteiger charge is -2.08. The molecule has 7 aromatic rings. The fourth-order valence-corrected chi connectivity index (χ4v) is 5.60. The highest BCUT2D eigenvalue weighted by molar-refractivity contribution is 5.86. The largest absolute Gasteiger partial charge is 0.423 e. The molecule has 0 saturated carbocycles. The molecular formula is C47H52O2. The van der Waals surface area contributed by atoms with Gasteiger partial charge in [-0.15, -0.1) is 0 Å². The third-order valence-corrected chi connectivity index (χ3v) is 8.67. The topological polar surface area (TPSA) is 30.2 Å². The summed E-state index contributed by atoms with van der Waals surface area (Å²) in [5.74, 6) is 2.33. The van der Waals surface area contributed by atoms with Crippen molar-refractivity contribution in [1.82, 2.24) is 0 Å². The van der Waals surface area contributed by atoms with Gasteiger partial charge in [-0.3, -0.25) is 0 Å². The van der Waals surface area contributed by atoms with Crippen LogP contribution in [0.4, 0.5) is 0 Å². The van der Waals surface area contributed by atoms with Gasteiger partial charge in [0.1, 0.15) is 5.58 Å². The monoisotopic (exact) mass is 648 g/mol. The number of hydrogen-bond acceptors (Lipinski definition) is 2. The summed E-state index contributed by atoms with van der Waals surface area (Å²) in [6, 6.07) is 50.0. The van der Waals surface area contributed by atoms with Crippen molar-refractivity contribution in [1.29, 1.82) is 0 Å². The molecule has 0 bridgehead atoms. The normalized spacial score (nSPS) is 10.9. The summed E-state index contributed by atoms with van der Waals surface area (Å²) in [7, 11) is 0. The van der Waals surface area contributed by atoms with Crippen LogP contribution in [0.25, 0.3) is 32.5 Å². The Balaban J connectivity index is 0.000000149. The lowest BCUT2D eigenvalue weighted by molar-refractivity contribution is 0.560. The number of hydrogen-bond donors (Lipinski definition) is 0. The van der Waals surface area contributed by atoms with Crippen LogP contribution >= 0.6 is 0 Å². The lowest BCUT2D eigenvalue weighted by atomic mass is 9.96. The van der Waals surface area contributed by atoms with E-state index in [2.05, 4.69) is 171 Å². The molecule has 2 nitrogen and oxygen atoms in total. The maximum absolute atomic E-state index is 11.0. The highest BCUT2D eigenvalue weighted by Crippen LogP contribution is 2.25. The summed E-state index contributed by atoms with van der Waals surface area (Å²) in [5, 5.41) is 6.36. The van der Waals surface area contributed by atoms with Crippen LogP contribution in [0, 0.1) is 0 Å². The van der Waals surface area contributed by atoms with E-state index in [4.69, 9.17) is 4.42 Å². The van der Waals surface area contributed by atoms with Crippen molar-refractivity contribution in [3.63, 3.8) is 0 Å². The average molecular weight is 649 g/mol. The van der Waals surface area contributed by atoms with Crippen molar-refractivity contribution < 1.29 is 4.42 Å². The standard InChI is InChI=1S/2C13H14.C12H12O2.C9H12/c1-10(2)12-9-5-7-11-6-3-4-8-13(11)12;1-10(2)12-8-7-11-5-3-4-6-13(11)9-12;1-8(2)10-4-3-9-5-6-12(13)14-11(9)7-10;1-8(2)9-6-4-3-5-7-9/h2*3-10H,1-2H3;3-8H,1-2H3;3-8H,1-2H3. The Morgan fingerprint density at radius 1 is 0.388 bits per heavy atom. The van der Waals surface area contributed by atoms with Crippen molar-refractivity contribution in [3.05, 3.63) is 178 Å². The first-order valence-electron chi connectivity index (χ1n) is 17.6. The fourth-order valence-electron chi connectivity index (χ4n) is 5.60. The molecule has 2 heteroatoms. The van der Waals surface area contributed by atoms with Crippen molar-refractivity contribution in [2.75, 3.05) is 0 Å². The molecule has 0 unspecified atom stereocenters. The number of benzene rings is 6. The molecule has 6 aromatic carbocycles. The van der Waals surface area contributed by atoms with E-state index >= 15 is 0 Å². The van der Waals surface area contributed by atoms with Crippen LogP contribution in [0.5, 0.6) is 0 Å². The second-order valence-corrected chi connectivity index (χ2v) is 13.8. The van der Waals surface area contributed by atoms with Gasteiger partial charge in [-0.05, 0) is 79.6 Å². The molecule has 0 saturated heterocycles. The average Bonchev–Trinajstić information content (AvgIpc) is 3.12. The first-order valence-corrected chi connectivity index (χ1v) is 17.6. The van der Waals surface area contributed by atoms with Gasteiger partial charge in [0.2, 0.25) is 0 Å². The Labute approximate surface area is 293 Å². The van der Waals surface area contributed by atoms with Crippen LogP contribution < -0.4 is 5.63 Å². The van der Waals surface area contributed by atoms with Gasteiger partial charge in [-0.2, -0.15) is 0 Å². The molecule has 49 heavy (non-hydrogen) atoms. The van der Waals surface area contributed by atoms with Crippen LogP contribution in [-0.2, 0) is 0 Å². The molecule has 0 spiro atoms. The summed E-state index contributed by atoms with van der Waals surface area (Å²) in [6.07, 6.45) is 0. The number of rotatable bonds is 4. The van der Waals surface area contributed by atoms with Gasteiger partial charge in [0.15, 0.2) is 0 Å². The van der Waals surface area contributed by atoms with Gasteiger partial charge < -0.3 is 4.42 Å². The van der Waals surface area contributed by atoms with Gasteiger partial charge in [-0.25, -0.2) is 4.79 Å².